The maximum absolute atomic E-state index is 12.2. The SMILES string of the molecule is O=C(CCCCCCc1cn(-c2ccnc(C(=O)O)c2)nn1)NCC12CCN(CC1)CC2. The number of hydrogen-bond donors (Lipinski definition) is 2. The van der Waals surface area contributed by atoms with Gasteiger partial charge in [-0.05, 0) is 75.7 Å². The van der Waals surface area contributed by atoms with E-state index in [9.17, 15) is 9.59 Å². The highest BCUT2D eigenvalue weighted by Crippen LogP contribution is 2.39. The van der Waals surface area contributed by atoms with Gasteiger partial charge in [0.05, 0.1) is 17.6 Å². The Morgan fingerprint density at radius 3 is 2.59 bits per heavy atom. The van der Waals surface area contributed by atoms with Crippen molar-refractivity contribution in [3.8, 4) is 5.69 Å². The van der Waals surface area contributed by atoms with Crippen molar-refractivity contribution < 1.29 is 14.7 Å². The molecule has 2 aromatic rings. The van der Waals surface area contributed by atoms with Crippen molar-refractivity contribution in [3.05, 3.63) is 35.9 Å². The molecule has 2 aromatic heterocycles. The second-order valence-electron chi connectivity index (χ2n) is 9.14. The molecule has 3 aliphatic rings. The molecule has 3 fully saturated rings. The lowest BCUT2D eigenvalue weighted by atomic mass is 9.72. The summed E-state index contributed by atoms with van der Waals surface area (Å²) in [6.45, 7) is 4.42. The molecule has 2 N–H and O–H groups in total. The molecule has 1 amide bonds. The van der Waals surface area contributed by atoms with Crippen molar-refractivity contribution in [1.82, 2.24) is 30.2 Å². The fourth-order valence-electron chi connectivity index (χ4n) is 4.70. The summed E-state index contributed by atoms with van der Waals surface area (Å²) in [5, 5.41) is 20.5. The molecular weight excluding hydrogens is 408 g/mol. The van der Waals surface area contributed by atoms with Gasteiger partial charge in [0.15, 0.2) is 0 Å². The average Bonchev–Trinajstić information content (AvgIpc) is 3.30. The van der Waals surface area contributed by atoms with Gasteiger partial charge in [-0.2, -0.15) is 0 Å². The number of pyridine rings is 1. The number of unbranched alkanes of at least 4 members (excludes halogenated alkanes) is 3. The molecule has 0 spiro atoms. The van der Waals surface area contributed by atoms with Crippen LogP contribution >= 0.6 is 0 Å². The number of rotatable bonds is 11. The minimum Gasteiger partial charge on any atom is -0.477 e. The minimum absolute atomic E-state index is 0.0210. The zero-order valence-corrected chi connectivity index (χ0v) is 18.5. The number of amides is 1. The number of piperidine rings is 3. The van der Waals surface area contributed by atoms with E-state index < -0.39 is 5.97 Å². The molecule has 9 heteroatoms. The monoisotopic (exact) mass is 440 g/mol. The van der Waals surface area contributed by atoms with Crippen LogP contribution in [-0.4, -0.2) is 68.0 Å². The van der Waals surface area contributed by atoms with Gasteiger partial charge in [-0.1, -0.05) is 18.1 Å². The summed E-state index contributed by atoms with van der Waals surface area (Å²) in [6.07, 6.45) is 12.3. The Balaban J connectivity index is 1.10. The summed E-state index contributed by atoms with van der Waals surface area (Å²) in [5.41, 5.74) is 1.83. The van der Waals surface area contributed by atoms with Crippen LogP contribution in [0.3, 0.4) is 0 Å². The number of aromatic carboxylic acids is 1. The molecule has 3 saturated heterocycles. The van der Waals surface area contributed by atoms with Gasteiger partial charge in [-0.3, -0.25) is 4.79 Å². The highest BCUT2D eigenvalue weighted by Gasteiger charge is 2.39. The van der Waals surface area contributed by atoms with E-state index in [0.717, 1.165) is 44.3 Å². The van der Waals surface area contributed by atoms with Crippen LogP contribution in [0.1, 0.15) is 67.5 Å². The lowest BCUT2D eigenvalue weighted by Gasteiger charge is -2.48. The molecule has 0 aromatic carbocycles. The number of carboxylic acid groups (broad SMARTS) is 1. The van der Waals surface area contributed by atoms with Gasteiger partial charge in [0.25, 0.3) is 0 Å². The fourth-order valence-corrected chi connectivity index (χ4v) is 4.70. The van der Waals surface area contributed by atoms with Gasteiger partial charge in [-0.25, -0.2) is 14.5 Å². The van der Waals surface area contributed by atoms with Crippen LogP contribution in [0.2, 0.25) is 0 Å². The third-order valence-corrected chi connectivity index (χ3v) is 6.89. The van der Waals surface area contributed by atoms with Gasteiger partial charge >= 0.3 is 5.97 Å². The largest absolute Gasteiger partial charge is 0.477 e. The summed E-state index contributed by atoms with van der Waals surface area (Å²) in [7, 11) is 0. The fraction of sp³-hybridized carbons (Fsp3) is 0.609. The lowest BCUT2D eigenvalue weighted by Crippen LogP contribution is -2.52. The van der Waals surface area contributed by atoms with E-state index in [0.29, 0.717) is 17.5 Å². The number of aryl methyl sites for hydroxylation is 1. The molecule has 0 radical (unpaired) electrons. The topological polar surface area (TPSA) is 113 Å². The van der Waals surface area contributed by atoms with Crippen LogP contribution in [0.25, 0.3) is 5.69 Å². The van der Waals surface area contributed by atoms with E-state index >= 15 is 0 Å². The third-order valence-electron chi connectivity index (χ3n) is 6.89. The standard InChI is InChI=1S/C23H32N6O3/c30-21(25-17-23-8-12-28(13-9-23)14-10-23)6-4-2-1-3-5-18-16-29(27-26-18)19-7-11-24-20(15-19)22(31)32/h7,11,15-16H,1-6,8-10,12-14,17H2,(H,25,30)(H,31,32). The first-order valence-corrected chi connectivity index (χ1v) is 11.6. The summed E-state index contributed by atoms with van der Waals surface area (Å²) >= 11 is 0. The number of fused-ring (bicyclic) bond motifs is 3. The lowest BCUT2D eigenvalue weighted by molar-refractivity contribution is -0.122. The van der Waals surface area contributed by atoms with E-state index in [4.69, 9.17) is 5.11 Å². The molecule has 5 heterocycles. The van der Waals surface area contributed by atoms with E-state index in [2.05, 4.69) is 25.5 Å². The smallest absolute Gasteiger partial charge is 0.354 e. The van der Waals surface area contributed by atoms with E-state index in [1.54, 1.807) is 10.7 Å². The molecule has 9 nitrogen and oxygen atoms in total. The maximum Gasteiger partial charge on any atom is 0.354 e. The van der Waals surface area contributed by atoms with Crippen LogP contribution in [0, 0.1) is 5.41 Å². The van der Waals surface area contributed by atoms with Gasteiger partial charge in [0.2, 0.25) is 5.91 Å². The summed E-state index contributed by atoms with van der Waals surface area (Å²) in [5.74, 6) is -0.881. The maximum atomic E-state index is 12.2. The van der Waals surface area contributed by atoms with E-state index in [-0.39, 0.29) is 11.6 Å². The normalized spacial score (nSPS) is 22.1. The molecule has 2 bridgehead atoms. The molecule has 0 saturated carbocycles. The number of aromatic nitrogens is 4. The molecule has 0 aliphatic carbocycles. The molecule has 0 unspecified atom stereocenters. The predicted octanol–water partition coefficient (Wildman–Crippen LogP) is 2.46. The Morgan fingerprint density at radius 1 is 1.09 bits per heavy atom. The zero-order chi connectivity index (χ0) is 22.4. The Labute approximate surface area is 188 Å². The quantitative estimate of drug-likeness (QED) is 0.516. The highest BCUT2D eigenvalue weighted by atomic mass is 16.4. The van der Waals surface area contributed by atoms with Crippen molar-refractivity contribution in [2.75, 3.05) is 26.2 Å². The summed E-state index contributed by atoms with van der Waals surface area (Å²) in [4.78, 5) is 29.6. The van der Waals surface area contributed by atoms with Crippen molar-refractivity contribution >= 4 is 11.9 Å². The number of carboxylic acids is 1. The van der Waals surface area contributed by atoms with Crippen LogP contribution < -0.4 is 5.32 Å². The minimum atomic E-state index is -1.07. The Bertz CT molecular complexity index is 922. The number of carbonyl (C=O) groups is 2. The molecule has 172 valence electrons. The first kappa shape index (κ1) is 22.4. The van der Waals surface area contributed by atoms with Crippen molar-refractivity contribution in [2.24, 2.45) is 5.41 Å². The average molecular weight is 441 g/mol. The number of nitrogens with one attached hydrogen (secondary N) is 1. The first-order valence-electron chi connectivity index (χ1n) is 11.6. The summed E-state index contributed by atoms with van der Waals surface area (Å²) < 4.78 is 1.57. The molecule has 0 atom stereocenters. The van der Waals surface area contributed by atoms with E-state index in [1.165, 1.54) is 51.2 Å². The van der Waals surface area contributed by atoms with Crippen molar-refractivity contribution in [3.63, 3.8) is 0 Å². The van der Waals surface area contributed by atoms with Gasteiger partial charge < -0.3 is 15.3 Å². The van der Waals surface area contributed by atoms with Crippen LogP contribution in [0.5, 0.6) is 0 Å². The van der Waals surface area contributed by atoms with Crippen molar-refractivity contribution in [1.29, 1.82) is 0 Å². The van der Waals surface area contributed by atoms with Crippen LogP contribution in [0.4, 0.5) is 0 Å². The number of carbonyl (C=O) groups excluding carboxylic acids is 1. The zero-order valence-electron chi connectivity index (χ0n) is 18.5. The van der Waals surface area contributed by atoms with Crippen LogP contribution in [0.15, 0.2) is 24.5 Å². The molecule has 3 aliphatic heterocycles. The molecular formula is C23H32N6O3. The molecule has 32 heavy (non-hydrogen) atoms. The first-order chi connectivity index (χ1) is 15.5. The predicted molar refractivity (Wildman–Crippen MR) is 119 cm³/mol. The van der Waals surface area contributed by atoms with E-state index in [1.807, 2.05) is 6.20 Å². The second kappa shape index (κ2) is 10.2. The van der Waals surface area contributed by atoms with Gasteiger partial charge in [0.1, 0.15) is 5.69 Å². The number of hydrogen-bond acceptors (Lipinski definition) is 6. The second-order valence-corrected chi connectivity index (χ2v) is 9.14. The Kier molecular flexibility index (Phi) is 7.14. The third kappa shape index (κ3) is 5.70. The van der Waals surface area contributed by atoms with Gasteiger partial charge in [0, 0.05) is 19.2 Å². The van der Waals surface area contributed by atoms with Gasteiger partial charge in [-0.15, -0.1) is 5.10 Å². The highest BCUT2D eigenvalue weighted by molar-refractivity contribution is 5.85. The van der Waals surface area contributed by atoms with Crippen molar-refractivity contribution in [2.45, 2.75) is 57.8 Å². The Hall–Kier alpha value is -2.81. The number of nitrogens with zero attached hydrogens (tertiary/aromatic N) is 5. The van der Waals surface area contributed by atoms with Crippen LogP contribution in [-0.2, 0) is 11.2 Å². The summed E-state index contributed by atoms with van der Waals surface area (Å²) in [6, 6.07) is 3.18. The Morgan fingerprint density at radius 2 is 1.84 bits per heavy atom. The molecule has 5 rings (SSSR count).